The standard InChI is InChI=1S/C31H24N.C16H12N.C15H10N.C13H8NS.C13H8N.C11H6F2N.C6H5NO2.2C5H8O2.6Ir/c1-22-9-13-24(14-10-22)28-19-29(25-15-11-23(2)12-16-25)21-30(20-28)26-6-5-7-27(18-26)31-8-3-4-17-32-31;1-12-6-8-14(9-7-12)16-15-5-3-2-4-13(15)10-11-17-16;1-2-7-13(8-3-1)15-14-9-5-4-6-12(14)10-11-16-15;1-2-7-12-10(5-1)9-13(15-12)11-6-3-4-8-14-11;1-2-6-12-10(4-1)7-8-11-5-3-9-14-13(11)12;12-8-4-5-9(10(13)7-8)11-3-1-2-6-14-11;8-6(9)5-3-1-2-4-7-5;2*1-4(6)3-5(2)7;;;;;;/h3-6,8-21H,1-2H3;2-8,10-11H,1H3;1-7,9-11H;1-8H;1-5,7-9H;1-4,6-7H;1-4H,(H,8,9);2*3,6H,1-2H3;;;;;;/q6*-1;;;;;;;;;. The Bertz CT molecular complexity index is 7050. The molecule has 8 heterocycles. The van der Waals surface area contributed by atoms with E-state index in [9.17, 15) is 23.2 Å². The third-order valence-electron chi connectivity index (χ3n) is 19.5. The molecule has 0 spiro atoms. The zero-order chi connectivity index (χ0) is 92.2. The van der Waals surface area contributed by atoms with E-state index in [1.807, 2.05) is 164 Å². The quantitative estimate of drug-likeness (QED) is 0.0478. The van der Waals surface area contributed by atoms with Gasteiger partial charge in [0.05, 0.1) is 11.5 Å². The maximum Gasteiger partial charge on any atom is 0.354 e. The zero-order valence-electron chi connectivity index (χ0n) is 74.9. The largest absolute Gasteiger partial charge is 0.512 e. The molecule has 13 nitrogen and oxygen atoms in total. The number of allylic oxidation sites excluding steroid dienone is 4. The number of fused-ring (bicyclic) bond motifs is 6. The molecule has 6 radical (unpaired) electrons. The molecule has 0 fully saturated rings. The fraction of sp³-hybridized carbons (Fsp3) is 0.0609. The van der Waals surface area contributed by atoms with E-state index in [-0.39, 0.29) is 155 Å². The summed E-state index contributed by atoms with van der Waals surface area (Å²) in [6, 6.07) is 130. The topological polar surface area (TPSA) is 202 Å². The Hall–Kier alpha value is -12.7. The molecule has 0 aliphatic heterocycles. The van der Waals surface area contributed by atoms with Crippen molar-refractivity contribution in [2.24, 2.45) is 0 Å². The van der Waals surface area contributed by atoms with E-state index in [4.69, 9.17) is 15.3 Å². The number of hydrogen-bond donors (Lipinski definition) is 3. The second kappa shape index (κ2) is 58.7. The number of nitrogens with zero attached hydrogens (tertiary/aromatic N) is 7. The molecular formula is C115H89F2Ir6N7O6S-6. The van der Waals surface area contributed by atoms with Gasteiger partial charge in [-0.15, -0.1) is 177 Å². The Balaban J connectivity index is 0.000000244. The Morgan fingerprint density at radius 1 is 0.343 bits per heavy atom. The number of benzene rings is 12. The van der Waals surface area contributed by atoms with Gasteiger partial charge in [0.1, 0.15) is 5.69 Å². The SMILES string of the molecule is CC(=O)C=C(C)O.CC(=O)C=C(C)O.Cc1c[c-]c(-c2nccc3ccccc23)cc1.Cc1ccc(-c2cc(-c3ccc(C)cc3)cc(-c3cc[c-]c(-c4ccccn4)c3)c2)cc1.Fc1c[c-]c(-c2ccccn2)c(F)c1.O=C(O)c1ccccn1.[Ir].[Ir].[Ir].[Ir].[Ir].[Ir].[c-]1c(-c2ccccn2)sc2ccccc12.[c-]1cccc2ccc3cccnc3c12.[c-]1ccccc1-c1nccc2ccccc12. The maximum atomic E-state index is 13.2. The van der Waals surface area contributed by atoms with Gasteiger partial charge in [0, 0.05) is 193 Å². The number of carbonyl (C=O) groups excluding carboxylic acids is 2. The van der Waals surface area contributed by atoms with Crippen LogP contribution in [-0.2, 0) is 130 Å². The van der Waals surface area contributed by atoms with Crippen molar-refractivity contribution in [1.29, 1.82) is 0 Å². The van der Waals surface area contributed by atoms with Crippen LogP contribution >= 0.6 is 11.3 Å². The van der Waals surface area contributed by atoms with Crippen molar-refractivity contribution in [1.82, 2.24) is 34.9 Å². The van der Waals surface area contributed by atoms with Gasteiger partial charge in [-0.25, -0.2) is 21.1 Å². The van der Waals surface area contributed by atoms with Crippen molar-refractivity contribution >= 4 is 82.2 Å². The summed E-state index contributed by atoms with van der Waals surface area (Å²) in [6.07, 6.45) is 14.5. The number of rotatable bonds is 11. The molecule has 0 aliphatic carbocycles. The third kappa shape index (κ3) is 34.8. The van der Waals surface area contributed by atoms with Crippen molar-refractivity contribution < 1.29 is 159 Å². The number of ketones is 2. The van der Waals surface area contributed by atoms with Gasteiger partial charge in [0.15, 0.2) is 11.6 Å². The second-order valence-corrected chi connectivity index (χ2v) is 30.7. The van der Waals surface area contributed by atoms with E-state index < -0.39 is 17.6 Å². The number of aliphatic hydroxyl groups is 2. The molecule has 0 unspecified atom stereocenters. The molecule has 0 amide bonds. The molecular weight excluding hydrogens is 2800 g/mol. The van der Waals surface area contributed by atoms with E-state index in [1.165, 1.54) is 139 Å². The summed E-state index contributed by atoms with van der Waals surface area (Å²) in [5.74, 6) is -2.40. The number of thiophene rings is 1. The second-order valence-electron chi connectivity index (χ2n) is 29.7. The van der Waals surface area contributed by atoms with Gasteiger partial charge in [0.25, 0.3) is 0 Å². The summed E-state index contributed by atoms with van der Waals surface area (Å²) >= 11 is 1.73. The van der Waals surface area contributed by atoms with E-state index in [0.29, 0.717) is 5.69 Å². The normalized spacial score (nSPS) is 10.1. The average Bonchev–Trinajstić information content (AvgIpc) is 1.71. The Morgan fingerprint density at radius 2 is 0.818 bits per heavy atom. The Kier molecular flexibility index (Phi) is 48.4. The first-order valence-corrected chi connectivity index (χ1v) is 42.5. The molecule has 20 rings (SSSR count). The molecule has 137 heavy (non-hydrogen) atoms. The number of carbonyl (C=O) groups is 3. The summed E-state index contributed by atoms with van der Waals surface area (Å²) in [5, 5.41) is 34.5. The van der Waals surface area contributed by atoms with Crippen LogP contribution in [0.15, 0.2) is 407 Å². The molecule has 20 aromatic rings. The van der Waals surface area contributed by atoms with Crippen LogP contribution < -0.4 is 0 Å². The predicted octanol–water partition coefficient (Wildman–Crippen LogP) is 28.5. The number of hydrogen-bond acceptors (Lipinski definition) is 13. The number of halogens is 2. The zero-order valence-corrected chi connectivity index (χ0v) is 90.1. The minimum absolute atomic E-state index is 0. The number of carboxylic acid groups (broad SMARTS) is 1. The van der Waals surface area contributed by atoms with E-state index in [1.54, 1.807) is 47.9 Å². The molecule has 700 valence electrons. The van der Waals surface area contributed by atoms with Crippen LogP contribution in [0.25, 0.3) is 142 Å². The van der Waals surface area contributed by atoms with Crippen LogP contribution in [0.3, 0.4) is 0 Å². The fourth-order valence-corrected chi connectivity index (χ4v) is 14.3. The number of aromatic nitrogens is 7. The number of aryl methyl sites for hydroxylation is 3. The van der Waals surface area contributed by atoms with Crippen LogP contribution in [0.2, 0.25) is 0 Å². The molecule has 0 saturated heterocycles. The van der Waals surface area contributed by atoms with E-state index in [2.05, 4.69) is 250 Å². The number of aromatic carboxylic acids is 1. The van der Waals surface area contributed by atoms with Crippen molar-refractivity contribution in [2.45, 2.75) is 48.5 Å². The van der Waals surface area contributed by atoms with Crippen molar-refractivity contribution in [3.05, 3.63) is 477 Å². The summed E-state index contributed by atoms with van der Waals surface area (Å²) < 4.78 is 27.1. The maximum absolute atomic E-state index is 13.2. The Labute approximate surface area is 882 Å². The summed E-state index contributed by atoms with van der Waals surface area (Å²) in [4.78, 5) is 60.9. The molecule has 8 aromatic heterocycles. The number of carboxylic acids is 1. The van der Waals surface area contributed by atoms with Gasteiger partial charge in [-0.3, -0.25) is 18.4 Å². The fourth-order valence-electron chi connectivity index (χ4n) is 13.3. The van der Waals surface area contributed by atoms with Gasteiger partial charge >= 0.3 is 5.97 Å². The number of pyridine rings is 7. The van der Waals surface area contributed by atoms with E-state index >= 15 is 0 Å². The third-order valence-corrected chi connectivity index (χ3v) is 20.5. The first-order chi connectivity index (χ1) is 63.7. The van der Waals surface area contributed by atoms with Crippen LogP contribution in [0.4, 0.5) is 8.78 Å². The summed E-state index contributed by atoms with van der Waals surface area (Å²) in [6.45, 7) is 12.0. The minimum Gasteiger partial charge on any atom is -0.512 e. The van der Waals surface area contributed by atoms with Crippen molar-refractivity contribution in [3.8, 4) is 89.0 Å². The van der Waals surface area contributed by atoms with Gasteiger partial charge < -0.3 is 45.2 Å². The minimum atomic E-state index is -0.990. The van der Waals surface area contributed by atoms with Gasteiger partial charge in [-0.1, -0.05) is 200 Å². The first-order valence-electron chi connectivity index (χ1n) is 41.7. The van der Waals surface area contributed by atoms with Crippen LogP contribution in [-0.4, -0.2) is 67.7 Å². The summed E-state index contributed by atoms with van der Waals surface area (Å²) in [7, 11) is 0. The molecule has 3 N–H and O–H groups in total. The van der Waals surface area contributed by atoms with Crippen molar-refractivity contribution in [3.63, 3.8) is 0 Å². The molecule has 0 bridgehead atoms. The summed E-state index contributed by atoms with van der Waals surface area (Å²) in [5.41, 5.74) is 19.7. The smallest absolute Gasteiger partial charge is 0.354 e. The van der Waals surface area contributed by atoms with Gasteiger partial charge in [-0.2, -0.15) is 0 Å². The first kappa shape index (κ1) is 113. The Morgan fingerprint density at radius 3 is 1.31 bits per heavy atom. The van der Waals surface area contributed by atoms with Crippen LogP contribution in [0.5, 0.6) is 0 Å². The predicted molar refractivity (Wildman–Crippen MR) is 527 cm³/mol. The molecule has 0 atom stereocenters. The van der Waals surface area contributed by atoms with Crippen LogP contribution in [0.1, 0.15) is 54.9 Å². The molecule has 0 saturated carbocycles. The van der Waals surface area contributed by atoms with E-state index in [0.717, 1.165) is 72.9 Å². The molecule has 0 aliphatic rings. The van der Waals surface area contributed by atoms with Gasteiger partial charge in [-0.05, 0) is 201 Å². The van der Waals surface area contributed by atoms with Crippen molar-refractivity contribution in [2.75, 3.05) is 0 Å². The van der Waals surface area contributed by atoms with Crippen LogP contribution in [0, 0.1) is 68.8 Å². The van der Waals surface area contributed by atoms with Gasteiger partial charge in [0.2, 0.25) is 0 Å². The average molecular weight is 2890 g/mol. The molecule has 12 aromatic carbocycles. The molecule has 22 heteroatoms. The monoisotopic (exact) mass is 2890 g/mol. The number of aliphatic hydroxyl groups excluding tert-OH is 2.